The first kappa shape index (κ1) is 18.4. The molecule has 0 saturated heterocycles. The van der Waals surface area contributed by atoms with Crippen LogP contribution in [0.5, 0.6) is 5.75 Å². The maximum Gasteiger partial charge on any atom is 0.262 e. The first-order chi connectivity index (χ1) is 12.3. The number of rotatable bonds is 5. The van der Waals surface area contributed by atoms with E-state index in [2.05, 4.69) is 9.71 Å². The van der Waals surface area contributed by atoms with Crippen molar-refractivity contribution in [1.82, 2.24) is 4.98 Å². The Morgan fingerprint density at radius 2 is 1.69 bits per heavy atom. The topological polar surface area (TPSA) is 68.3 Å². The van der Waals surface area contributed by atoms with Crippen LogP contribution in [0.4, 0.5) is 5.69 Å². The van der Waals surface area contributed by atoms with E-state index in [0.717, 1.165) is 21.8 Å². The lowest BCUT2D eigenvalue weighted by Gasteiger charge is -2.14. The number of benzene rings is 2. The summed E-state index contributed by atoms with van der Waals surface area (Å²) in [6, 6.07) is 10.4. The van der Waals surface area contributed by atoms with Crippen LogP contribution in [-0.4, -0.2) is 20.5 Å². The number of methoxy groups -OCH3 is 1. The molecule has 2 aromatic carbocycles. The molecular formula is C19H20N2O3S2. The summed E-state index contributed by atoms with van der Waals surface area (Å²) in [4.78, 5) is 4.68. The highest BCUT2D eigenvalue weighted by Gasteiger charge is 2.19. The van der Waals surface area contributed by atoms with Gasteiger partial charge in [0.25, 0.3) is 10.0 Å². The SMILES string of the molecule is COc1ccc(S(=O)(=O)Nc2ccc(-c3csc(C)n3)cc2)c(C)c1C. The average Bonchev–Trinajstić information content (AvgIpc) is 3.04. The Morgan fingerprint density at radius 1 is 1.00 bits per heavy atom. The van der Waals surface area contributed by atoms with Gasteiger partial charge in [-0.1, -0.05) is 12.1 Å². The largest absolute Gasteiger partial charge is 0.496 e. The minimum Gasteiger partial charge on any atom is -0.496 e. The van der Waals surface area contributed by atoms with Gasteiger partial charge in [-0.2, -0.15) is 0 Å². The van der Waals surface area contributed by atoms with Gasteiger partial charge in [-0.15, -0.1) is 11.3 Å². The number of aromatic nitrogens is 1. The Hall–Kier alpha value is -2.38. The quantitative estimate of drug-likeness (QED) is 0.696. The van der Waals surface area contributed by atoms with E-state index in [1.807, 2.05) is 31.4 Å². The zero-order valence-electron chi connectivity index (χ0n) is 15.0. The van der Waals surface area contributed by atoms with E-state index in [0.29, 0.717) is 17.0 Å². The van der Waals surface area contributed by atoms with E-state index in [1.54, 1.807) is 49.6 Å². The van der Waals surface area contributed by atoms with Gasteiger partial charge in [0.1, 0.15) is 5.75 Å². The number of anilines is 1. The first-order valence-corrected chi connectivity index (χ1v) is 10.4. The lowest BCUT2D eigenvalue weighted by molar-refractivity contribution is 0.411. The fourth-order valence-electron chi connectivity index (χ4n) is 2.70. The van der Waals surface area contributed by atoms with Crippen LogP contribution in [0.1, 0.15) is 16.1 Å². The maximum absolute atomic E-state index is 12.8. The lowest BCUT2D eigenvalue weighted by atomic mass is 10.1. The summed E-state index contributed by atoms with van der Waals surface area (Å²) in [5.74, 6) is 0.671. The number of ether oxygens (including phenoxy) is 1. The van der Waals surface area contributed by atoms with Crippen molar-refractivity contribution < 1.29 is 13.2 Å². The van der Waals surface area contributed by atoms with Crippen molar-refractivity contribution in [2.45, 2.75) is 25.7 Å². The number of hydrogen-bond acceptors (Lipinski definition) is 5. The van der Waals surface area contributed by atoms with E-state index >= 15 is 0 Å². The molecule has 1 N–H and O–H groups in total. The molecule has 0 aliphatic rings. The van der Waals surface area contributed by atoms with Crippen LogP contribution in [0.15, 0.2) is 46.7 Å². The molecule has 7 heteroatoms. The van der Waals surface area contributed by atoms with Gasteiger partial charge in [0.2, 0.25) is 0 Å². The molecule has 0 bridgehead atoms. The molecule has 0 aliphatic carbocycles. The zero-order chi connectivity index (χ0) is 18.9. The molecule has 0 saturated carbocycles. The van der Waals surface area contributed by atoms with Gasteiger partial charge in [0, 0.05) is 16.6 Å². The molecule has 0 atom stereocenters. The smallest absolute Gasteiger partial charge is 0.262 e. The number of aryl methyl sites for hydroxylation is 1. The Kier molecular flexibility index (Phi) is 5.02. The predicted molar refractivity (Wildman–Crippen MR) is 106 cm³/mol. The summed E-state index contributed by atoms with van der Waals surface area (Å²) in [6.45, 7) is 5.58. The van der Waals surface area contributed by atoms with Crippen molar-refractivity contribution in [3.8, 4) is 17.0 Å². The molecule has 0 aliphatic heterocycles. The van der Waals surface area contributed by atoms with Gasteiger partial charge in [-0.05, 0) is 56.2 Å². The second-order valence-electron chi connectivity index (χ2n) is 5.95. The standard InChI is InChI=1S/C19H20N2O3S2/c1-12-13(2)19(10-9-18(12)24-4)26(22,23)21-16-7-5-15(6-8-16)17-11-25-14(3)20-17/h5-11,21H,1-4H3. The summed E-state index contributed by atoms with van der Waals surface area (Å²) in [6.07, 6.45) is 0. The van der Waals surface area contributed by atoms with E-state index in [1.165, 1.54) is 0 Å². The molecule has 0 unspecified atom stereocenters. The zero-order valence-corrected chi connectivity index (χ0v) is 16.7. The number of nitrogens with one attached hydrogen (secondary N) is 1. The van der Waals surface area contributed by atoms with Gasteiger partial charge >= 0.3 is 0 Å². The van der Waals surface area contributed by atoms with Crippen LogP contribution in [0.25, 0.3) is 11.3 Å². The monoisotopic (exact) mass is 388 g/mol. The molecule has 0 amide bonds. The van der Waals surface area contributed by atoms with Crippen molar-refractivity contribution in [2.24, 2.45) is 0 Å². The Bertz CT molecular complexity index is 1040. The Labute approximate surface area is 157 Å². The molecule has 3 rings (SSSR count). The summed E-state index contributed by atoms with van der Waals surface area (Å²) >= 11 is 1.58. The van der Waals surface area contributed by atoms with Crippen LogP contribution < -0.4 is 9.46 Å². The number of sulfonamides is 1. The fourth-order valence-corrected chi connectivity index (χ4v) is 4.68. The third-order valence-electron chi connectivity index (χ3n) is 4.25. The Balaban J connectivity index is 1.87. The van der Waals surface area contributed by atoms with Crippen molar-refractivity contribution in [2.75, 3.05) is 11.8 Å². The molecule has 0 spiro atoms. The number of nitrogens with zero attached hydrogens (tertiary/aromatic N) is 1. The van der Waals surface area contributed by atoms with E-state index < -0.39 is 10.0 Å². The molecule has 0 fully saturated rings. The molecule has 26 heavy (non-hydrogen) atoms. The summed E-state index contributed by atoms with van der Waals surface area (Å²) < 4.78 is 33.4. The number of hydrogen-bond donors (Lipinski definition) is 1. The molecule has 3 aromatic rings. The minimum absolute atomic E-state index is 0.245. The molecule has 136 valence electrons. The van der Waals surface area contributed by atoms with E-state index in [9.17, 15) is 8.42 Å². The van der Waals surface area contributed by atoms with Gasteiger partial charge < -0.3 is 4.74 Å². The summed E-state index contributed by atoms with van der Waals surface area (Å²) in [5.41, 5.74) is 3.84. The minimum atomic E-state index is -3.68. The lowest BCUT2D eigenvalue weighted by Crippen LogP contribution is -2.15. The molecule has 0 radical (unpaired) electrons. The molecule has 1 aromatic heterocycles. The second-order valence-corrected chi connectivity index (χ2v) is 8.66. The highest BCUT2D eigenvalue weighted by atomic mass is 32.2. The number of thiazole rings is 1. The van der Waals surface area contributed by atoms with Crippen molar-refractivity contribution in [3.63, 3.8) is 0 Å². The predicted octanol–water partition coefficient (Wildman–Crippen LogP) is 4.54. The molecule has 1 heterocycles. The van der Waals surface area contributed by atoms with Gasteiger partial charge in [0.05, 0.1) is 22.7 Å². The van der Waals surface area contributed by atoms with E-state index in [4.69, 9.17) is 4.74 Å². The highest BCUT2D eigenvalue weighted by Crippen LogP contribution is 2.29. The summed E-state index contributed by atoms with van der Waals surface area (Å²) in [5, 5.41) is 2.98. The third kappa shape index (κ3) is 3.59. The van der Waals surface area contributed by atoms with Crippen molar-refractivity contribution >= 4 is 27.0 Å². The van der Waals surface area contributed by atoms with Crippen molar-refractivity contribution in [3.05, 3.63) is 57.9 Å². The van der Waals surface area contributed by atoms with Crippen LogP contribution in [0.3, 0.4) is 0 Å². The van der Waals surface area contributed by atoms with E-state index in [-0.39, 0.29) is 4.90 Å². The molecule has 5 nitrogen and oxygen atoms in total. The van der Waals surface area contributed by atoms with Crippen LogP contribution in [0.2, 0.25) is 0 Å². The molecular weight excluding hydrogens is 368 g/mol. The van der Waals surface area contributed by atoms with Gasteiger partial charge in [0.15, 0.2) is 0 Å². The second kappa shape index (κ2) is 7.09. The average molecular weight is 389 g/mol. The maximum atomic E-state index is 12.8. The normalized spacial score (nSPS) is 11.4. The van der Waals surface area contributed by atoms with Crippen LogP contribution >= 0.6 is 11.3 Å². The van der Waals surface area contributed by atoms with Crippen molar-refractivity contribution in [1.29, 1.82) is 0 Å². The van der Waals surface area contributed by atoms with Gasteiger partial charge in [-0.25, -0.2) is 13.4 Å². The fraction of sp³-hybridized carbons (Fsp3) is 0.211. The summed E-state index contributed by atoms with van der Waals surface area (Å²) in [7, 11) is -2.11. The Morgan fingerprint density at radius 3 is 2.27 bits per heavy atom. The van der Waals surface area contributed by atoms with Gasteiger partial charge in [-0.3, -0.25) is 4.72 Å². The third-order valence-corrected chi connectivity index (χ3v) is 6.55. The van der Waals surface area contributed by atoms with Crippen LogP contribution in [0, 0.1) is 20.8 Å². The highest BCUT2D eigenvalue weighted by molar-refractivity contribution is 7.92. The van der Waals surface area contributed by atoms with Crippen LogP contribution in [-0.2, 0) is 10.0 Å². The first-order valence-electron chi connectivity index (χ1n) is 8.01.